The Balaban J connectivity index is 1.69. The second-order valence-corrected chi connectivity index (χ2v) is 7.42. The molecule has 2 fully saturated rings. The average Bonchev–Trinajstić information content (AvgIpc) is 3.26. The SMILES string of the molecule is CC1=C(C(=O)N2CC[C@@]3(CO)CCC[C@@H]23)C(C)n2ncnc2N1C. The molecule has 7 heteroatoms. The first kappa shape index (κ1) is 15.6. The molecule has 24 heavy (non-hydrogen) atoms. The van der Waals surface area contributed by atoms with E-state index in [1.807, 2.05) is 35.4 Å². The Kier molecular flexibility index (Phi) is 3.46. The van der Waals surface area contributed by atoms with Crippen LogP contribution >= 0.6 is 0 Å². The van der Waals surface area contributed by atoms with Gasteiger partial charge in [-0.05, 0) is 33.1 Å². The zero-order valence-corrected chi connectivity index (χ0v) is 14.6. The van der Waals surface area contributed by atoms with Crippen molar-refractivity contribution in [3.05, 3.63) is 17.6 Å². The minimum Gasteiger partial charge on any atom is -0.396 e. The van der Waals surface area contributed by atoms with Gasteiger partial charge in [0.1, 0.15) is 6.33 Å². The van der Waals surface area contributed by atoms with Crippen LogP contribution in [0.3, 0.4) is 0 Å². The maximum absolute atomic E-state index is 13.4. The van der Waals surface area contributed by atoms with Gasteiger partial charge < -0.3 is 14.9 Å². The molecule has 1 unspecified atom stereocenters. The van der Waals surface area contributed by atoms with Crippen LogP contribution in [-0.4, -0.2) is 56.9 Å². The van der Waals surface area contributed by atoms with Crippen molar-refractivity contribution < 1.29 is 9.90 Å². The highest BCUT2D eigenvalue weighted by molar-refractivity contribution is 5.96. The van der Waals surface area contributed by atoms with E-state index in [2.05, 4.69) is 10.1 Å². The van der Waals surface area contributed by atoms with Crippen LogP contribution in [0.4, 0.5) is 5.95 Å². The minimum absolute atomic E-state index is 0.0770. The molecule has 1 N–H and O–H groups in total. The number of aromatic nitrogens is 3. The van der Waals surface area contributed by atoms with Crippen molar-refractivity contribution in [2.75, 3.05) is 25.1 Å². The predicted octanol–water partition coefficient (Wildman–Crippen LogP) is 1.33. The van der Waals surface area contributed by atoms with E-state index in [-0.39, 0.29) is 30.0 Å². The topological polar surface area (TPSA) is 74.5 Å². The van der Waals surface area contributed by atoms with E-state index in [0.29, 0.717) is 0 Å². The smallest absolute Gasteiger partial charge is 0.253 e. The van der Waals surface area contributed by atoms with Gasteiger partial charge in [-0.2, -0.15) is 10.1 Å². The van der Waals surface area contributed by atoms with E-state index in [4.69, 9.17) is 0 Å². The molecule has 0 spiro atoms. The fourth-order valence-corrected chi connectivity index (χ4v) is 4.90. The van der Waals surface area contributed by atoms with Crippen molar-refractivity contribution in [2.45, 2.75) is 51.6 Å². The van der Waals surface area contributed by atoms with Crippen molar-refractivity contribution in [3.8, 4) is 0 Å². The van der Waals surface area contributed by atoms with Gasteiger partial charge in [-0.15, -0.1) is 0 Å². The number of fused-ring (bicyclic) bond motifs is 2. The molecule has 1 saturated carbocycles. The molecule has 0 bridgehead atoms. The number of allylic oxidation sites excluding steroid dienone is 1. The molecule has 3 aliphatic rings. The van der Waals surface area contributed by atoms with Gasteiger partial charge in [-0.1, -0.05) is 6.42 Å². The minimum atomic E-state index is -0.128. The summed E-state index contributed by atoms with van der Waals surface area (Å²) in [6.07, 6.45) is 5.56. The molecule has 1 aromatic rings. The van der Waals surface area contributed by atoms with E-state index in [1.54, 1.807) is 0 Å². The normalized spacial score (nSPS) is 32.3. The first-order valence-corrected chi connectivity index (χ1v) is 8.76. The molecule has 7 nitrogen and oxygen atoms in total. The Bertz CT molecular complexity index is 712. The molecule has 1 amide bonds. The van der Waals surface area contributed by atoms with Gasteiger partial charge in [0.05, 0.1) is 18.2 Å². The van der Waals surface area contributed by atoms with Crippen molar-refractivity contribution in [2.24, 2.45) is 5.41 Å². The Morgan fingerprint density at radius 3 is 3.00 bits per heavy atom. The van der Waals surface area contributed by atoms with Crippen LogP contribution in [0.2, 0.25) is 0 Å². The van der Waals surface area contributed by atoms with E-state index >= 15 is 0 Å². The zero-order valence-electron chi connectivity index (χ0n) is 14.6. The summed E-state index contributed by atoms with van der Waals surface area (Å²) < 4.78 is 1.81. The largest absolute Gasteiger partial charge is 0.396 e. The summed E-state index contributed by atoms with van der Waals surface area (Å²) in [5.41, 5.74) is 1.65. The fourth-order valence-electron chi connectivity index (χ4n) is 4.90. The molecule has 2 aliphatic heterocycles. The Hall–Kier alpha value is -1.89. The number of aliphatic hydroxyl groups excluding tert-OH is 1. The number of amides is 1. The molecule has 4 rings (SSSR count). The number of likely N-dealkylation sites (tertiary alicyclic amines) is 1. The third-order valence-electron chi connectivity index (χ3n) is 6.42. The highest BCUT2D eigenvalue weighted by atomic mass is 16.3. The second kappa shape index (κ2) is 5.31. The third-order valence-corrected chi connectivity index (χ3v) is 6.42. The van der Waals surface area contributed by atoms with Crippen LogP contribution in [-0.2, 0) is 4.79 Å². The predicted molar refractivity (Wildman–Crippen MR) is 89.3 cm³/mol. The van der Waals surface area contributed by atoms with Gasteiger partial charge in [-0.3, -0.25) is 4.79 Å². The molecular formula is C17H25N5O2. The van der Waals surface area contributed by atoms with Gasteiger partial charge in [0.2, 0.25) is 5.95 Å². The number of rotatable bonds is 2. The van der Waals surface area contributed by atoms with Gasteiger partial charge in [0.25, 0.3) is 5.91 Å². The summed E-state index contributed by atoms with van der Waals surface area (Å²) in [5.74, 6) is 0.860. The second-order valence-electron chi connectivity index (χ2n) is 7.42. The number of aliphatic hydroxyl groups is 1. The highest BCUT2D eigenvalue weighted by Gasteiger charge is 2.52. The lowest BCUT2D eigenvalue weighted by Gasteiger charge is -2.36. The van der Waals surface area contributed by atoms with E-state index in [0.717, 1.165) is 49.4 Å². The van der Waals surface area contributed by atoms with Crippen LogP contribution < -0.4 is 4.90 Å². The molecular weight excluding hydrogens is 306 g/mol. The van der Waals surface area contributed by atoms with Crippen LogP contribution in [0.15, 0.2) is 17.6 Å². The molecule has 3 atom stereocenters. The summed E-state index contributed by atoms with van der Waals surface area (Å²) in [7, 11) is 1.92. The average molecular weight is 331 g/mol. The number of carbonyl (C=O) groups is 1. The molecule has 1 aromatic heterocycles. The summed E-state index contributed by atoms with van der Waals surface area (Å²) in [6, 6.07) is 0.0432. The Labute approximate surface area is 142 Å². The van der Waals surface area contributed by atoms with Gasteiger partial charge in [0.15, 0.2) is 0 Å². The molecule has 130 valence electrons. The van der Waals surface area contributed by atoms with Gasteiger partial charge >= 0.3 is 0 Å². The van der Waals surface area contributed by atoms with E-state index in [1.165, 1.54) is 6.33 Å². The molecule has 0 aromatic carbocycles. The van der Waals surface area contributed by atoms with Gasteiger partial charge in [-0.25, -0.2) is 4.68 Å². The van der Waals surface area contributed by atoms with Crippen LogP contribution in [0, 0.1) is 5.41 Å². The van der Waals surface area contributed by atoms with Crippen LogP contribution in [0.25, 0.3) is 0 Å². The van der Waals surface area contributed by atoms with Crippen molar-refractivity contribution in [1.82, 2.24) is 19.7 Å². The quantitative estimate of drug-likeness (QED) is 0.885. The van der Waals surface area contributed by atoms with Crippen molar-refractivity contribution in [3.63, 3.8) is 0 Å². The Morgan fingerprint density at radius 1 is 1.46 bits per heavy atom. The van der Waals surface area contributed by atoms with Crippen molar-refractivity contribution in [1.29, 1.82) is 0 Å². The summed E-state index contributed by atoms with van der Waals surface area (Å²) in [4.78, 5) is 21.6. The first-order chi connectivity index (χ1) is 11.5. The Morgan fingerprint density at radius 2 is 2.25 bits per heavy atom. The standard InChI is InChI=1S/C17H25N5O2/c1-11-14(12(2)22-16(20(11)3)18-10-19-22)15(24)21-8-7-17(9-23)6-4-5-13(17)21/h10,12-13,23H,4-9H2,1-3H3/t12?,13-,17-/m1/s1. The monoisotopic (exact) mass is 331 g/mol. The third kappa shape index (κ3) is 1.90. The number of anilines is 1. The molecule has 1 saturated heterocycles. The lowest BCUT2D eigenvalue weighted by molar-refractivity contribution is -0.129. The van der Waals surface area contributed by atoms with E-state index in [9.17, 15) is 9.90 Å². The summed E-state index contributed by atoms with van der Waals surface area (Å²) >= 11 is 0. The zero-order chi connectivity index (χ0) is 17.1. The number of carbonyl (C=O) groups excluding carboxylic acids is 1. The number of hydrogen-bond acceptors (Lipinski definition) is 5. The lowest BCUT2D eigenvalue weighted by atomic mass is 9.83. The molecule has 1 aliphatic carbocycles. The number of nitrogens with zero attached hydrogens (tertiary/aromatic N) is 5. The maximum Gasteiger partial charge on any atom is 0.253 e. The van der Waals surface area contributed by atoms with E-state index < -0.39 is 0 Å². The maximum atomic E-state index is 13.4. The molecule has 0 radical (unpaired) electrons. The highest BCUT2D eigenvalue weighted by Crippen LogP contribution is 2.49. The van der Waals surface area contributed by atoms with Crippen molar-refractivity contribution >= 4 is 11.9 Å². The molecule has 3 heterocycles. The number of hydrogen-bond donors (Lipinski definition) is 1. The summed E-state index contributed by atoms with van der Waals surface area (Å²) in [6.45, 7) is 4.90. The van der Waals surface area contributed by atoms with Crippen LogP contribution in [0.1, 0.15) is 45.6 Å². The van der Waals surface area contributed by atoms with Gasteiger partial charge in [0, 0.05) is 30.7 Å². The lowest BCUT2D eigenvalue weighted by Crippen LogP contribution is -2.44. The van der Waals surface area contributed by atoms with Crippen LogP contribution in [0.5, 0.6) is 0 Å². The summed E-state index contributed by atoms with van der Waals surface area (Å²) in [5, 5.41) is 14.2. The first-order valence-electron chi connectivity index (χ1n) is 8.76. The fraction of sp³-hybridized carbons (Fsp3) is 0.706.